The van der Waals surface area contributed by atoms with Gasteiger partial charge in [0.2, 0.25) is 0 Å². The fraction of sp³-hybridized carbons (Fsp3) is 0.611. The molecule has 126 valence electrons. The van der Waals surface area contributed by atoms with Gasteiger partial charge in [-0.25, -0.2) is 4.79 Å². The second-order valence-corrected chi connectivity index (χ2v) is 7.05. The predicted octanol–water partition coefficient (Wildman–Crippen LogP) is 3.33. The number of benzene rings is 1. The molecule has 5 nitrogen and oxygen atoms in total. The minimum absolute atomic E-state index is 0.00756. The second kappa shape index (κ2) is 6.04. The van der Waals surface area contributed by atoms with E-state index in [4.69, 9.17) is 9.47 Å². The topological polar surface area (TPSA) is 59.6 Å². The zero-order valence-electron chi connectivity index (χ0n) is 14.3. The molecule has 1 heterocycles. The Bertz CT molecular complexity index is 600. The number of nitrogens with one attached hydrogen (secondary N) is 2. The summed E-state index contributed by atoms with van der Waals surface area (Å²) < 4.78 is 11.2. The zero-order chi connectivity index (χ0) is 16.6. The Balaban J connectivity index is 1.62. The fourth-order valence-electron chi connectivity index (χ4n) is 3.95. The SMILES string of the molecule is CCOc1ccc(NC(=O)N[C@@H]2[C@H]3CCO[C@H]3C2(C)C)c(C)c1. The molecule has 3 rings (SSSR count). The summed E-state index contributed by atoms with van der Waals surface area (Å²) in [7, 11) is 0. The summed E-state index contributed by atoms with van der Waals surface area (Å²) in [5.74, 6) is 1.26. The molecule has 1 saturated carbocycles. The number of carbonyl (C=O) groups excluding carboxylic acids is 1. The highest BCUT2D eigenvalue weighted by Gasteiger charge is 2.59. The molecule has 3 atom stereocenters. The van der Waals surface area contributed by atoms with Crippen LogP contribution in [0.3, 0.4) is 0 Å². The third kappa shape index (κ3) is 2.90. The zero-order valence-corrected chi connectivity index (χ0v) is 14.3. The molecule has 2 N–H and O–H groups in total. The van der Waals surface area contributed by atoms with Gasteiger partial charge in [-0.15, -0.1) is 0 Å². The molecule has 0 aromatic heterocycles. The monoisotopic (exact) mass is 318 g/mol. The van der Waals surface area contributed by atoms with E-state index < -0.39 is 0 Å². The number of urea groups is 1. The van der Waals surface area contributed by atoms with Gasteiger partial charge in [-0.05, 0) is 44.0 Å². The standard InChI is InChI=1S/C18H26N2O3/c1-5-22-12-6-7-14(11(2)10-12)19-17(21)20-15-13-8-9-23-16(13)18(15,3)4/h6-7,10,13,15-16H,5,8-9H2,1-4H3,(H2,19,20,21)/t13-,15-,16-/m1/s1. The molecular formula is C18H26N2O3. The Kier molecular flexibility index (Phi) is 4.23. The Morgan fingerprint density at radius 3 is 2.91 bits per heavy atom. The Morgan fingerprint density at radius 2 is 2.22 bits per heavy atom. The van der Waals surface area contributed by atoms with Crippen molar-refractivity contribution in [1.82, 2.24) is 5.32 Å². The number of hydrogen-bond donors (Lipinski definition) is 2. The molecule has 1 saturated heterocycles. The van der Waals surface area contributed by atoms with Gasteiger partial charge < -0.3 is 20.1 Å². The van der Waals surface area contributed by atoms with Crippen molar-refractivity contribution in [3.05, 3.63) is 23.8 Å². The highest BCUT2D eigenvalue weighted by molar-refractivity contribution is 5.90. The first-order valence-corrected chi connectivity index (χ1v) is 8.36. The average Bonchev–Trinajstić information content (AvgIpc) is 2.95. The molecule has 2 aliphatic rings. The van der Waals surface area contributed by atoms with Gasteiger partial charge in [-0.3, -0.25) is 0 Å². The van der Waals surface area contributed by atoms with E-state index in [1.165, 1.54) is 0 Å². The molecule has 1 aliphatic carbocycles. The maximum atomic E-state index is 12.4. The molecule has 1 aromatic rings. The number of carbonyl (C=O) groups is 1. The van der Waals surface area contributed by atoms with Gasteiger partial charge in [0.05, 0.1) is 12.7 Å². The van der Waals surface area contributed by atoms with Crippen molar-refractivity contribution in [2.45, 2.75) is 46.3 Å². The summed E-state index contributed by atoms with van der Waals surface area (Å²) in [6, 6.07) is 5.71. The second-order valence-electron chi connectivity index (χ2n) is 7.05. The normalized spacial score (nSPS) is 27.7. The van der Waals surface area contributed by atoms with Crippen LogP contribution in [0, 0.1) is 18.3 Å². The Morgan fingerprint density at radius 1 is 1.43 bits per heavy atom. The van der Waals surface area contributed by atoms with E-state index in [2.05, 4.69) is 24.5 Å². The highest BCUT2D eigenvalue weighted by Crippen LogP contribution is 2.52. The molecular weight excluding hydrogens is 292 g/mol. The number of anilines is 1. The summed E-state index contributed by atoms with van der Waals surface area (Å²) in [5, 5.41) is 6.08. The van der Waals surface area contributed by atoms with Crippen LogP contribution in [0.15, 0.2) is 18.2 Å². The van der Waals surface area contributed by atoms with E-state index in [9.17, 15) is 4.79 Å². The van der Waals surface area contributed by atoms with Crippen molar-refractivity contribution in [1.29, 1.82) is 0 Å². The number of amides is 2. The van der Waals surface area contributed by atoms with Gasteiger partial charge in [0.25, 0.3) is 0 Å². The molecule has 0 spiro atoms. The van der Waals surface area contributed by atoms with Gasteiger partial charge in [0.15, 0.2) is 0 Å². The average molecular weight is 318 g/mol. The van der Waals surface area contributed by atoms with Crippen LogP contribution in [0.2, 0.25) is 0 Å². The van der Waals surface area contributed by atoms with Crippen molar-refractivity contribution in [3.63, 3.8) is 0 Å². The molecule has 23 heavy (non-hydrogen) atoms. The van der Waals surface area contributed by atoms with E-state index >= 15 is 0 Å². The van der Waals surface area contributed by atoms with Crippen LogP contribution in [0.1, 0.15) is 32.8 Å². The first-order chi connectivity index (χ1) is 10.9. The van der Waals surface area contributed by atoms with Crippen LogP contribution in [-0.2, 0) is 4.74 Å². The number of ether oxygens (including phenoxy) is 2. The van der Waals surface area contributed by atoms with Gasteiger partial charge in [0.1, 0.15) is 5.75 Å². The van der Waals surface area contributed by atoms with Crippen molar-refractivity contribution >= 4 is 11.7 Å². The molecule has 5 heteroatoms. The predicted molar refractivity (Wildman–Crippen MR) is 89.9 cm³/mol. The lowest BCUT2D eigenvalue weighted by atomic mass is 9.57. The number of rotatable bonds is 4. The van der Waals surface area contributed by atoms with Crippen molar-refractivity contribution in [2.75, 3.05) is 18.5 Å². The van der Waals surface area contributed by atoms with Crippen LogP contribution in [0.4, 0.5) is 10.5 Å². The van der Waals surface area contributed by atoms with Crippen molar-refractivity contribution < 1.29 is 14.3 Å². The lowest BCUT2D eigenvalue weighted by Gasteiger charge is -2.54. The molecule has 0 unspecified atom stereocenters. The summed E-state index contributed by atoms with van der Waals surface area (Å²) >= 11 is 0. The quantitative estimate of drug-likeness (QED) is 0.895. The van der Waals surface area contributed by atoms with Gasteiger partial charge in [-0.1, -0.05) is 13.8 Å². The van der Waals surface area contributed by atoms with Crippen molar-refractivity contribution in [2.24, 2.45) is 11.3 Å². The smallest absolute Gasteiger partial charge is 0.319 e. The van der Waals surface area contributed by atoms with E-state index in [1.807, 2.05) is 32.0 Å². The summed E-state index contributed by atoms with van der Waals surface area (Å²) in [4.78, 5) is 12.4. The first kappa shape index (κ1) is 16.1. The summed E-state index contributed by atoms with van der Waals surface area (Å²) in [6.45, 7) is 9.67. The van der Waals surface area contributed by atoms with E-state index in [0.717, 1.165) is 30.0 Å². The largest absolute Gasteiger partial charge is 0.494 e. The van der Waals surface area contributed by atoms with Crippen molar-refractivity contribution in [3.8, 4) is 5.75 Å². The van der Waals surface area contributed by atoms with Crippen LogP contribution in [0.25, 0.3) is 0 Å². The molecule has 2 amide bonds. The van der Waals surface area contributed by atoms with Gasteiger partial charge in [0, 0.05) is 29.7 Å². The minimum atomic E-state index is -0.152. The Labute approximate surface area is 137 Å². The maximum Gasteiger partial charge on any atom is 0.319 e. The number of fused-ring (bicyclic) bond motifs is 1. The molecule has 1 aromatic carbocycles. The number of aryl methyl sites for hydroxylation is 1. The van der Waals surface area contributed by atoms with Crippen LogP contribution in [-0.4, -0.2) is 31.4 Å². The highest BCUT2D eigenvalue weighted by atomic mass is 16.5. The summed E-state index contributed by atoms with van der Waals surface area (Å²) in [5.41, 5.74) is 1.79. The maximum absolute atomic E-state index is 12.4. The molecule has 0 radical (unpaired) electrons. The van der Waals surface area contributed by atoms with Gasteiger partial charge in [-0.2, -0.15) is 0 Å². The lowest BCUT2D eigenvalue weighted by molar-refractivity contribution is -0.107. The first-order valence-electron chi connectivity index (χ1n) is 8.36. The number of hydrogen-bond acceptors (Lipinski definition) is 3. The molecule has 2 fully saturated rings. The van der Waals surface area contributed by atoms with E-state index in [-0.39, 0.29) is 23.6 Å². The van der Waals surface area contributed by atoms with Gasteiger partial charge >= 0.3 is 6.03 Å². The minimum Gasteiger partial charge on any atom is -0.494 e. The van der Waals surface area contributed by atoms with Crippen LogP contribution in [0.5, 0.6) is 5.75 Å². The van der Waals surface area contributed by atoms with E-state index in [0.29, 0.717) is 12.5 Å². The fourth-order valence-corrected chi connectivity index (χ4v) is 3.95. The van der Waals surface area contributed by atoms with Crippen LogP contribution >= 0.6 is 0 Å². The third-order valence-electron chi connectivity index (χ3n) is 5.14. The summed E-state index contributed by atoms with van der Waals surface area (Å²) in [6.07, 6.45) is 1.31. The Hall–Kier alpha value is -1.75. The van der Waals surface area contributed by atoms with Crippen LogP contribution < -0.4 is 15.4 Å². The van der Waals surface area contributed by atoms with E-state index in [1.54, 1.807) is 0 Å². The molecule has 0 bridgehead atoms. The molecule has 1 aliphatic heterocycles. The third-order valence-corrected chi connectivity index (χ3v) is 5.14. The lowest BCUT2D eigenvalue weighted by Crippen LogP contribution is -2.67.